The van der Waals surface area contributed by atoms with Crippen molar-refractivity contribution in [1.82, 2.24) is 0 Å². The lowest BCUT2D eigenvalue weighted by Crippen LogP contribution is -2.15. The van der Waals surface area contributed by atoms with Gasteiger partial charge >= 0.3 is 0 Å². The number of benzene rings is 10. The van der Waals surface area contributed by atoms with Crippen LogP contribution in [0.15, 0.2) is 185 Å². The van der Waals surface area contributed by atoms with Gasteiger partial charge in [-0.3, -0.25) is 0 Å². The molecule has 12 aromatic rings. The lowest BCUT2D eigenvalue weighted by Gasteiger charge is -2.32. The quantitative estimate of drug-likeness (QED) is 0.151. The Morgan fingerprint density at radius 1 is 0.377 bits per heavy atom. The van der Waals surface area contributed by atoms with Crippen LogP contribution in [0.2, 0.25) is 0 Å². The van der Waals surface area contributed by atoms with Gasteiger partial charge in [0.05, 0.1) is 22.7 Å². The van der Waals surface area contributed by atoms with Gasteiger partial charge in [-0.2, -0.15) is 0 Å². The molecule has 61 heavy (non-hydrogen) atoms. The van der Waals surface area contributed by atoms with Gasteiger partial charge in [0.25, 0.3) is 0 Å². The number of aryl methyl sites for hydroxylation is 2. The molecule has 0 fully saturated rings. The first kappa shape index (κ1) is 35.4. The van der Waals surface area contributed by atoms with Crippen molar-refractivity contribution in [2.24, 2.45) is 0 Å². The van der Waals surface area contributed by atoms with Gasteiger partial charge < -0.3 is 18.6 Å². The third kappa shape index (κ3) is 5.45. The molecule has 0 saturated carbocycles. The number of fused-ring (bicyclic) bond motifs is 6. The summed E-state index contributed by atoms with van der Waals surface area (Å²) in [5.74, 6) is 0.399. The maximum Gasteiger partial charge on any atom is 0.159 e. The summed E-state index contributed by atoms with van der Waals surface area (Å²) in [5.41, 5.74) is 13.3. The first-order valence-corrected chi connectivity index (χ1v) is 21.2. The fourth-order valence-corrected chi connectivity index (χ4v) is 9.63. The van der Waals surface area contributed by atoms with Crippen LogP contribution >= 0.6 is 0 Å². The predicted molar refractivity (Wildman–Crippen MR) is 258 cm³/mol. The van der Waals surface area contributed by atoms with E-state index in [0.29, 0.717) is 5.92 Å². The summed E-state index contributed by atoms with van der Waals surface area (Å²) in [4.78, 5) is 4.82. The van der Waals surface area contributed by atoms with Crippen molar-refractivity contribution in [3.8, 4) is 0 Å². The average molecular weight is 787 g/mol. The Hall–Kier alpha value is -7.56. The molecule has 0 saturated heterocycles. The van der Waals surface area contributed by atoms with E-state index in [2.05, 4.69) is 201 Å². The van der Waals surface area contributed by atoms with Crippen LogP contribution in [0.1, 0.15) is 36.5 Å². The van der Waals surface area contributed by atoms with Crippen molar-refractivity contribution in [2.75, 3.05) is 9.80 Å². The highest BCUT2D eigenvalue weighted by Gasteiger charge is 2.28. The molecule has 12 rings (SSSR count). The largest absolute Gasteiger partial charge is 0.454 e. The predicted octanol–water partition coefficient (Wildman–Crippen LogP) is 17.1. The topological polar surface area (TPSA) is 32.8 Å². The summed E-state index contributed by atoms with van der Waals surface area (Å²) < 4.78 is 13.7. The standard InChI is InChI=1S/C57H42N2O2/c1-34(2)39-31-37-23-29-46-50(58(40-25-19-35(3)20-26-40)48-15-9-13-44-42-11-5-7-17-52(42)60-56(44)48)33-51(47-30-24-38(32-39)54(37)55(46)47)59(41-27-21-36(4)22-28-41)49-16-10-14-45-43-12-6-8-18-53(43)61-57(45)49/h5-34H,1-4H3. The monoisotopic (exact) mass is 786 g/mol. The van der Waals surface area contributed by atoms with Crippen molar-refractivity contribution < 1.29 is 8.83 Å². The summed E-state index contributed by atoms with van der Waals surface area (Å²) in [5, 5.41) is 11.7. The van der Waals surface area contributed by atoms with E-state index in [9.17, 15) is 0 Å². The van der Waals surface area contributed by atoms with E-state index in [4.69, 9.17) is 8.83 Å². The zero-order chi connectivity index (χ0) is 40.9. The zero-order valence-corrected chi connectivity index (χ0v) is 34.5. The van der Waals surface area contributed by atoms with E-state index in [1.54, 1.807) is 0 Å². The molecule has 2 heterocycles. The van der Waals surface area contributed by atoms with Crippen molar-refractivity contribution in [3.63, 3.8) is 0 Å². The smallest absolute Gasteiger partial charge is 0.159 e. The van der Waals surface area contributed by atoms with Crippen molar-refractivity contribution in [3.05, 3.63) is 193 Å². The van der Waals surface area contributed by atoms with Gasteiger partial charge in [-0.05, 0) is 96.1 Å². The first-order chi connectivity index (χ1) is 29.9. The van der Waals surface area contributed by atoms with Gasteiger partial charge in [0.2, 0.25) is 0 Å². The molecule has 0 N–H and O–H groups in total. The number of para-hydroxylation sites is 4. The molecular weight excluding hydrogens is 745 g/mol. The molecule has 0 spiro atoms. The lowest BCUT2D eigenvalue weighted by molar-refractivity contribution is 0.669. The van der Waals surface area contributed by atoms with E-state index >= 15 is 0 Å². The molecule has 0 atom stereocenters. The molecule has 10 aromatic carbocycles. The molecule has 4 nitrogen and oxygen atoms in total. The minimum Gasteiger partial charge on any atom is -0.454 e. The second-order valence-corrected chi connectivity index (χ2v) is 16.9. The van der Waals surface area contributed by atoms with E-state index in [0.717, 1.165) is 88.8 Å². The molecule has 0 aliphatic heterocycles. The first-order valence-electron chi connectivity index (χ1n) is 21.2. The average Bonchev–Trinajstić information content (AvgIpc) is 3.87. The SMILES string of the molecule is Cc1ccc(N(c2cc(N(c3ccc(C)cc3)c3cccc4c3oc3ccccc34)c3ccc4cc(C(C)C)cc5ccc2c3c54)c2cccc3c2oc2ccccc23)cc1. The summed E-state index contributed by atoms with van der Waals surface area (Å²) in [6.45, 7) is 8.84. The van der Waals surface area contributed by atoms with Crippen LogP contribution in [0.5, 0.6) is 0 Å². The van der Waals surface area contributed by atoms with Crippen LogP contribution < -0.4 is 9.80 Å². The number of nitrogens with zero attached hydrogens (tertiary/aromatic N) is 2. The Morgan fingerprint density at radius 2 is 0.820 bits per heavy atom. The third-order valence-corrected chi connectivity index (χ3v) is 12.7. The molecule has 2 aromatic heterocycles. The molecule has 0 aliphatic rings. The van der Waals surface area contributed by atoms with Crippen molar-refractivity contribution in [2.45, 2.75) is 33.6 Å². The number of furan rings is 2. The van der Waals surface area contributed by atoms with Crippen LogP contribution in [0.3, 0.4) is 0 Å². The lowest BCUT2D eigenvalue weighted by atomic mass is 9.88. The molecular formula is C57H42N2O2. The Bertz CT molecular complexity index is 3420. The highest BCUT2D eigenvalue weighted by molar-refractivity contribution is 6.29. The van der Waals surface area contributed by atoms with Crippen molar-refractivity contribution >= 4 is 110 Å². The van der Waals surface area contributed by atoms with Crippen LogP contribution in [0.25, 0.3) is 76.2 Å². The van der Waals surface area contributed by atoms with Crippen LogP contribution in [0, 0.1) is 13.8 Å². The maximum absolute atomic E-state index is 6.83. The normalized spacial score (nSPS) is 12.1. The number of hydrogen-bond acceptors (Lipinski definition) is 4. The van der Waals surface area contributed by atoms with E-state index in [1.165, 1.54) is 38.2 Å². The molecule has 0 radical (unpaired) electrons. The molecule has 0 bridgehead atoms. The maximum atomic E-state index is 6.83. The number of rotatable bonds is 7. The van der Waals surface area contributed by atoms with Crippen molar-refractivity contribution in [1.29, 1.82) is 0 Å². The van der Waals surface area contributed by atoms with Crippen LogP contribution in [-0.2, 0) is 0 Å². The minimum absolute atomic E-state index is 0.399. The second-order valence-electron chi connectivity index (χ2n) is 16.9. The van der Waals surface area contributed by atoms with Gasteiger partial charge in [-0.1, -0.05) is 146 Å². The van der Waals surface area contributed by atoms with Crippen LogP contribution in [0.4, 0.5) is 34.1 Å². The van der Waals surface area contributed by atoms with Crippen LogP contribution in [-0.4, -0.2) is 0 Å². The van der Waals surface area contributed by atoms with Gasteiger partial charge in [-0.25, -0.2) is 0 Å². The zero-order valence-electron chi connectivity index (χ0n) is 34.5. The second kappa shape index (κ2) is 13.5. The highest BCUT2D eigenvalue weighted by Crippen LogP contribution is 2.53. The molecule has 292 valence electrons. The minimum atomic E-state index is 0.399. The summed E-state index contributed by atoms with van der Waals surface area (Å²) in [7, 11) is 0. The van der Waals surface area contributed by atoms with Gasteiger partial charge in [0.1, 0.15) is 11.2 Å². The Balaban J connectivity index is 1.25. The summed E-state index contributed by atoms with van der Waals surface area (Å²) in [6.07, 6.45) is 0. The Labute approximate surface area is 353 Å². The molecule has 0 aliphatic carbocycles. The Kier molecular flexibility index (Phi) is 7.82. The van der Waals surface area contributed by atoms with Gasteiger partial charge in [-0.15, -0.1) is 0 Å². The van der Waals surface area contributed by atoms with Gasteiger partial charge in [0, 0.05) is 49.1 Å². The molecule has 4 heteroatoms. The fourth-order valence-electron chi connectivity index (χ4n) is 9.63. The van der Waals surface area contributed by atoms with E-state index in [-0.39, 0.29) is 0 Å². The molecule has 0 amide bonds. The van der Waals surface area contributed by atoms with Gasteiger partial charge in [0.15, 0.2) is 11.2 Å². The fraction of sp³-hybridized carbons (Fsp3) is 0.0877. The Morgan fingerprint density at radius 3 is 1.28 bits per heavy atom. The third-order valence-electron chi connectivity index (χ3n) is 12.7. The van der Waals surface area contributed by atoms with E-state index < -0.39 is 0 Å². The molecule has 0 unspecified atom stereocenters. The summed E-state index contributed by atoms with van der Waals surface area (Å²) in [6, 6.07) is 64.0. The van der Waals surface area contributed by atoms with E-state index in [1.807, 2.05) is 12.1 Å². The number of anilines is 6. The number of hydrogen-bond donors (Lipinski definition) is 0. The highest BCUT2D eigenvalue weighted by atomic mass is 16.3. The summed E-state index contributed by atoms with van der Waals surface area (Å²) >= 11 is 0.